The van der Waals surface area contributed by atoms with Gasteiger partial charge in [0.1, 0.15) is 12.1 Å². The second-order valence-corrected chi connectivity index (χ2v) is 3.70. The van der Waals surface area contributed by atoms with E-state index in [9.17, 15) is 0 Å². The highest BCUT2D eigenvalue weighted by atomic mass is 16.5. The van der Waals surface area contributed by atoms with Crippen LogP contribution in [0.25, 0.3) is 5.82 Å². The summed E-state index contributed by atoms with van der Waals surface area (Å²) in [6.07, 6.45) is 3.29. The number of hydrogen-bond donors (Lipinski definition) is 1. The molecule has 0 aliphatic rings. The molecule has 0 saturated carbocycles. The van der Waals surface area contributed by atoms with E-state index in [0.29, 0.717) is 24.1 Å². The molecule has 0 aliphatic heterocycles. The Balaban J connectivity index is 2.48. The average molecular weight is 233 g/mol. The lowest BCUT2D eigenvalue weighted by Crippen LogP contribution is -2.06. The highest BCUT2D eigenvalue weighted by Crippen LogP contribution is 2.20. The molecule has 0 atom stereocenters. The Bertz CT molecular complexity index is 515. The summed E-state index contributed by atoms with van der Waals surface area (Å²) in [6.45, 7) is 6.28. The van der Waals surface area contributed by atoms with E-state index in [0.717, 1.165) is 11.1 Å². The minimum Gasteiger partial charge on any atom is -0.478 e. The molecule has 0 bridgehead atoms. The van der Waals surface area contributed by atoms with Crippen LogP contribution in [0.1, 0.15) is 18.1 Å². The van der Waals surface area contributed by atoms with Crippen molar-refractivity contribution in [2.24, 2.45) is 0 Å². The fourth-order valence-corrected chi connectivity index (χ4v) is 1.52. The zero-order chi connectivity index (χ0) is 12.4. The van der Waals surface area contributed by atoms with Crippen molar-refractivity contribution in [1.29, 1.82) is 0 Å². The lowest BCUT2D eigenvalue weighted by Gasteiger charge is -2.08. The number of nitrogens with two attached hydrogens (primary N) is 1. The Hall–Kier alpha value is -2.11. The number of hydrogen-bond acceptors (Lipinski definition) is 5. The van der Waals surface area contributed by atoms with Crippen LogP contribution in [-0.2, 0) is 0 Å². The summed E-state index contributed by atoms with van der Waals surface area (Å²) in [5, 5.41) is 4.19. The smallest absolute Gasteiger partial charge is 0.221 e. The number of anilines is 1. The molecule has 0 saturated heterocycles. The first-order valence-electron chi connectivity index (χ1n) is 5.40. The van der Waals surface area contributed by atoms with E-state index in [1.54, 1.807) is 4.68 Å². The molecular formula is C11H15N5O. The van der Waals surface area contributed by atoms with Gasteiger partial charge in [-0.2, -0.15) is 0 Å². The summed E-state index contributed by atoms with van der Waals surface area (Å²) >= 11 is 0. The van der Waals surface area contributed by atoms with Crippen LogP contribution in [0.2, 0.25) is 0 Å². The van der Waals surface area contributed by atoms with Gasteiger partial charge >= 0.3 is 0 Å². The van der Waals surface area contributed by atoms with Crippen LogP contribution < -0.4 is 10.5 Å². The molecule has 0 spiro atoms. The molecular weight excluding hydrogens is 218 g/mol. The van der Waals surface area contributed by atoms with Crippen molar-refractivity contribution in [2.75, 3.05) is 12.3 Å². The van der Waals surface area contributed by atoms with Crippen LogP contribution in [0, 0.1) is 13.8 Å². The molecule has 0 aromatic carbocycles. The van der Waals surface area contributed by atoms with E-state index >= 15 is 0 Å². The van der Waals surface area contributed by atoms with Gasteiger partial charge in [-0.25, -0.2) is 14.6 Å². The molecule has 6 heteroatoms. The van der Waals surface area contributed by atoms with Gasteiger partial charge in [-0.15, -0.1) is 5.10 Å². The summed E-state index contributed by atoms with van der Waals surface area (Å²) in [7, 11) is 0. The third-order valence-electron chi connectivity index (χ3n) is 2.44. The van der Waals surface area contributed by atoms with Crippen molar-refractivity contribution in [3.63, 3.8) is 0 Å². The molecule has 0 amide bonds. The summed E-state index contributed by atoms with van der Waals surface area (Å²) in [6, 6.07) is 0. The molecule has 0 fully saturated rings. The van der Waals surface area contributed by atoms with E-state index in [1.807, 2.05) is 27.0 Å². The predicted molar refractivity (Wildman–Crippen MR) is 64.2 cm³/mol. The zero-order valence-corrected chi connectivity index (χ0v) is 10.1. The quantitative estimate of drug-likeness (QED) is 0.863. The van der Waals surface area contributed by atoms with Gasteiger partial charge in [0.25, 0.3) is 0 Å². The van der Waals surface area contributed by atoms with Crippen LogP contribution >= 0.6 is 0 Å². The molecule has 0 unspecified atom stereocenters. The molecule has 0 radical (unpaired) electrons. The second kappa shape index (κ2) is 4.40. The number of aryl methyl sites for hydroxylation is 1. The Morgan fingerprint density at radius 3 is 2.71 bits per heavy atom. The predicted octanol–water partition coefficient (Wildman–Crippen LogP) is 1.26. The van der Waals surface area contributed by atoms with Crippen molar-refractivity contribution in [1.82, 2.24) is 19.7 Å². The molecule has 2 aromatic heterocycles. The van der Waals surface area contributed by atoms with E-state index in [2.05, 4.69) is 15.1 Å². The minimum atomic E-state index is 0.501. The molecule has 2 rings (SSSR count). The normalized spacial score (nSPS) is 10.5. The lowest BCUT2D eigenvalue weighted by molar-refractivity contribution is 0.323. The van der Waals surface area contributed by atoms with Crippen LogP contribution in [0.15, 0.2) is 12.5 Å². The first kappa shape index (κ1) is 11.4. The molecule has 0 aliphatic carbocycles. The van der Waals surface area contributed by atoms with E-state index in [1.165, 1.54) is 6.33 Å². The van der Waals surface area contributed by atoms with Crippen molar-refractivity contribution < 1.29 is 4.74 Å². The van der Waals surface area contributed by atoms with Crippen molar-refractivity contribution in [2.45, 2.75) is 20.8 Å². The van der Waals surface area contributed by atoms with E-state index < -0.39 is 0 Å². The number of aromatic nitrogens is 4. The van der Waals surface area contributed by atoms with Crippen LogP contribution in [0.4, 0.5) is 5.82 Å². The first-order chi connectivity index (χ1) is 8.13. The summed E-state index contributed by atoms with van der Waals surface area (Å²) in [5.74, 6) is 1.76. The average Bonchev–Trinajstić information content (AvgIpc) is 2.62. The Labute approximate surface area is 99.4 Å². The lowest BCUT2D eigenvalue weighted by atomic mass is 10.3. The topological polar surface area (TPSA) is 78.9 Å². The molecule has 2 N–H and O–H groups in total. The number of nitrogens with zero attached hydrogens (tertiary/aromatic N) is 4. The van der Waals surface area contributed by atoms with Gasteiger partial charge in [-0.1, -0.05) is 0 Å². The van der Waals surface area contributed by atoms with Crippen molar-refractivity contribution in [3.8, 4) is 11.7 Å². The van der Waals surface area contributed by atoms with Gasteiger partial charge in [0, 0.05) is 11.8 Å². The largest absolute Gasteiger partial charge is 0.478 e. The van der Waals surface area contributed by atoms with Crippen molar-refractivity contribution in [3.05, 3.63) is 23.7 Å². The summed E-state index contributed by atoms with van der Waals surface area (Å²) in [5.41, 5.74) is 7.48. The zero-order valence-electron chi connectivity index (χ0n) is 10.1. The molecule has 6 nitrogen and oxygen atoms in total. The van der Waals surface area contributed by atoms with Gasteiger partial charge < -0.3 is 10.5 Å². The van der Waals surface area contributed by atoms with Crippen LogP contribution in [-0.4, -0.2) is 26.4 Å². The van der Waals surface area contributed by atoms with Gasteiger partial charge in [0.05, 0.1) is 12.2 Å². The maximum atomic E-state index is 5.72. The van der Waals surface area contributed by atoms with Crippen LogP contribution in [0.5, 0.6) is 5.88 Å². The molecule has 90 valence electrons. The SMILES string of the molecule is CCOc1ncnc(-n2cc(C)c(N)n2)c1C. The highest BCUT2D eigenvalue weighted by molar-refractivity contribution is 5.43. The Kier molecular flexibility index (Phi) is 2.95. The van der Waals surface area contributed by atoms with Gasteiger partial charge in [-0.05, 0) is 20.8 Å². The molecule has 17 heavy (non-hydrogen) atoms. The minimum absolute atomic E-state index is 0.501. The maximum Gasteiger partial charge on any atom is 0.221 e. The fraction of sp³-hybridized carbons (Fsp3) is 0.364. The third kappa shape index (κ3) is 2.06. The standard InChI is InChI=1S/C11H15N5O/c1-4-17-11-8(3)10(13-6-14-11)16-5-7(2)9(12)15-16/h5-6H,4H2,1-3H3,(H2,12,15). The number of rotatable bonds is 3. The summed E-state index contributed by atoms with van der Waals surface area (Å²) in [4.78, 5) is 8.28. The van der Waals surface area contributed by atoms with Crippen LogP contribution in [0.3, 0.4) is 0 Å². The number of ether oxygens (including phenoxy) is 1. The van der Waals surface area contributed by atoms with E-state index in [-0.39, 0.29) is 0 Å². The molecule has 2 heterocycles. The fourth-order valence-electron chi connectivity index (χ4n) is 1.52. The van der Waals surface area contributed by atoms with Gasteiger partial charge in [0.15, 0.2) is 5.82 Å². The van der Waals surface area contributed by atoms with Crippen molar-refractivity contribution >= 4 is 5.82 Å². The Morgan fingerprint density at radius 1 is 1.35 bits per heavy atom. The summed E-state index contributed by atoms with van der Waals surface area (Å²) < 4.78 is 7.06. The maximum absolute atomic E-state index is 5.72. The van der Waals surface area contributed by atoms with Gasteiger partial charge in [0.2, 0.25) is 5.88 Å². The third-order valence-corrected chi connectivity index (χ3v) is 2.44. The molecule has 2 aromatic rings. The Morgan fingerprint density at radius 2 is 2.12 bits per heavy atom. The van der Waals surface area contributed by atoms with E-state index in [4.69, 9.17) is 10.5 Å². The van der Waals surface area contributed by atoms with Gasteiger partial charge in [-0.3, -0.25) is 0 Å². The second-order valence-electron chi connectivity index (χ2n) is 3.70. The monoisotopic (exact) mass is 233 g/mol. The number of nitrogen functional groups attached to an aromatic ring is 1. The highest BCUT2D eigenvalue weighted by Gasteiger charge is 2.11. The first-order valence-corrected chi connectivity index (χ1v) is 5.40.